The van der Waals surface area contributed by atoms with Crippen LogP contribution in [0.5, 0.6) is 0 Å². The minimum Gasteiger partial charge on any atom is -0.258 e. The molecule has 0 bridgehead atoms. The van der Waals surface area contributed by atoms with E-state index in [1.807, 2.05) is 0 Å². The summed E-state index contributed by atoms with van der Waals surface area (Å²) in [7, 11) is -4.37. The standard InChI is InChI=1S/C15H11BrF2N2O4S/c16-10-5-6-12(18)11(7-10)15(8-17)9-19(15)25(23,24)14-4-2-1-3-13(14)20(21)22/h1-7H,8-9H2/t15-,19?/m0/s1. The maximum absolute atomic E-state index is 14.1. The largest absolute Gasteiger partial charge is 0.289 e. The van der Waals surface area contributed by atoms with Crippen molar-refractivity contribution >= 4 is 31.6 Å². The highest BCUT2D eigenvalue weighted by Gasteiger charge is 2.62. The van der Waals surface area contributed by atoms with Crippen molar-refractivity contribution in [2.24, 2.45) is 0 Å². The summed E-state index contributed by atoms with van der Waals surface area (Å²) in [6.07, 6.45) is 0. The molecule has 1 saturated heterocycles. The molecule has 3 rings (SSSR count). The van der Waals surface area contributed by atoms with Gasteiger partial charge in [0.25, 0.3) is 15.7 Å². The van der Waals surface area contributed by atoms with Crippen LogP contribution in [0.15, 0.2) is 51.8 Å². The van der Waals surface area contributed by atoms with Gasteiger partial charge in [-0.05, 0) is 24.3 Å². The van der Waals surface area contributed by atoms with Gasteiger partial charge in [-0.2, -0.15) is 4.31 Å². The molecule has 2 aromatic carbocycles. The van der Waals surface area contributed by atoms with E-state index < -0.39 is 43.6 Å². The Kier molecular flexibility index (Phi) is 4.38. The molecule has 6 nitrogen and oxygen atoms in total. The van der Waals surface area contributed by atoms with Crippen LogP contribution in [0, 0.1) is 15.9 Å². The normalized spacial score (nSPS) is 22.6. The second kappa shape index (κ2) is 6.11. The predicted octanol–water partition coefficient (Wildman–Crippen LogP) is 3.37. The molecule has 2 aromatic rings. The van der Waals surface area contributed by atoms with Crippen LogP contribution < -0.4 is 0 Å². The van der Waals surface area contributed by atoms with Crippen LogP contribution in [0.4, 0.5) is 14.5 Å². The summed E-state index contributed by atoms with van der Waals surface area (Å²) in [6, 6.07) is 8.61. The molecule has 0 amide bonds. The molecule has 1 aliphatic heterocycles. The number of nitro groups is 1. The van der Waals surface area contributed by atoms with Gasteiger partial charge in [-0.25, -0.2) is 17.2 Å². The zero-order chi connectivity index (χ0) is 18.4. The number of nitro benzene ring substituents is 1. The quantitative estimate of drug-likeness (QED) is 0.412. The lowest BCUT2D eigenvalue weighted by Crippen LogP contribution is -2.25. The van der Waals surface area contributed by atoms with Crippen molar-refractivity contribution in [2.45, 2.75) is 10.4 Å². The Morgan fingerprint density at radius 1 is 1.28 bits per heavy atom. The lowest BCUT2D eigenvalue weighted by Gasteiger charge is -2.16. The molecule has 25 heavy (non-hydrogen) atoms. The van der Waals surface area contributed by atoms with Gasteiger partial charge < -0.3 is 0 Å². The number of sulfonamides is 1. The van der Waals surface area contributed by atoms with E-state index in [2.05, 4.69) is 15.9 Å². The molecule has 1 unspecified atom stereocenters. The lowest BCUT2D eigenvalue weighted by atomic mass is 10.0. The summed E-state index contributed by atoms with van der Waals surface area (Å²) >= 11 is 3.15. The summed E-state index contributed by atoms with van der Waals surface area (Å²) in [6.45, 7) is -1.45. The third kappa shape index (κ3) is 2.83. The van der Waals surface area contributed by atoms with Gasteiger partial charge >= 0.3 is 0 Å². The Balaban J connectivity index is 2.09. The molecular formula is C15H11BrF2N2O4S. The average molecular weight is 433 g/mol. The van der Waals surface area contributed by atoms with E-state index in [-0.39, 0.29) is 12.1 Å². The van der Waals surface area contributed by atoms with E-state index in [4.69, 9.17) is 0 Å². The number of hydrogen-bond acceptors (Lipinski definition) is 4. The highest BCUT2D eigenvalue weighted by atomic mass is 79.9. The molecule has 1 aliphatic rings. The number of halogens is 3. The Morgan fingerprint density at radius 3 is 2.60 bits per heavy atom. The summed E-state index contributed by atoms with van der Waals surface area (Å²) in [4.78, 5) is 9.72. The molecular weight excluding hydrogens is 422 g/mol. The summed E-state index contributed by atoms with van der Waals surface area (Å²) in [5.74, 6) is -0.749. The second-order valence-electron chi connectivity index (χ2n) is 5.53. The molecule has 10 heteroatoms. The first-order valence-electron chi connectivity index (χ1n) is 7.02. The fourth-order valence-corrected chi connectivity index (χ4v) is 4.96. The van der Waals surface area contributed by atoms with Gasteiger partial charge in [-0.1, -0.05) is 28.1 Å². The van der Waals surface area contributed by atoms with E-state index >= 15 is 0 Å². The number of para-hydroxylation sites is 1. The van der Waals surface area contributed by atoms with Gasteiger partial charge in [-0.15, -0.1) is 0 Å². The van der Waals surface area contributed by atoms with Crippen LogP contribution in [0.25, 0.3) is 0 Å². The molecule has 2 atom stereocenters. The highest BCUT2D eigenvalue weighted by Crippen LogP contribution is 2.49. The van der Waals surface area contributed by atoms with E-state index in [9.17, 15) is 27.3 Å². The zero-order valence-corrected chi connectivity index (χ0v) is 14.9. The van der Waals surface area contributed by atoms with Crippen molar-refractivity contribution in [3.8, 4) is 0 Å². The summed E-state index contributed by atoms with van der Waals surface area (Å²) in [5.41, 5.74) is -2.43. The molecule has 1 heterocycles. The van der Waals surface area contributed by atoms with Crippen LogP contribution in [0.3, 0.4) is 0 Å². The topological polar surface area (TPSA) is 80.3 Å². The molecule has 0 aromatic heterocycles. The molecule has 0 spiro atoms. The average Bonchev–Trinajstić information content (AvgIpc) is 3.34. The van der Waals surface area contributed by atoms with Crippen LogP contribution in [0.1, 0.15) is 5.56 Å². The van der Waals surface area contributed by atoms with Crippen molar-refractivity contribution in [3.05, 3.63) is 68.4 Å². The minimum absolute atomic E-state index is 0.119. The maximum Gasteiger partial charge on any atom is 0.289 e. The van der Waals surface area contributed by atoms with E-state index in [1.165, 1.54) is 24.3 Å². The minimum atomic E-state index is -4.37. The number of rotatable bonds is 5. The number of hydrogen-bond donors (Lipinski definition) is 0. The summed E-state index contributed by atoms with van der Waals surface area (Å²) < 4.78 is 54.7. The Hall–Kier alpha value is -1.91. The zero-order valence-electron chi connectivity index (χ0n) is 12.5. The van der Waals surface area contributed by atoms with Crippen LogP contribution in [-0.4, -0.2) is 30.9 Å². The monoisotopic (exact) mass is 432 g/mol. The Labute approximate surface area is 150 Å². The maximum atomic E-state index is 14.1. The van der Waals surface area contributed by atoms with Crippen molar-refractivity contribution in [1.29, 1.82) is 0 Å². The van der Waals surface area contributed by atoms with Crippen LogP contribution >= 0.6 is 15.9 Å². The first-order chi connectivity index (χ1) is 11.7. The van der Waals surface area contributed by atoms with Gasteiger partial charge in [0.1, 0.15) is 18.0 Å². The van der Waals surface area contributed by atoms with Gasteiger partial charge in [0.15, 0.2) is 4.90 Å². The number of benzene rings is 2. The van der Waals surface area contributed by atoms with Crippen LogP contribution in [-0.2, 0) is 15.6 Å². The van der Waals surface area contributed by atoms with E-state index in [0.29, 0.717) is 4.47 Å². The third-order valence-electron chi connectivity index (χ3n) is 4.06. The third-order valence-corrected chi connectivity index (χ3v) is 6.51. The first-order valence-corrected chi connectivity index (χ1v) is 9.25. The second-order valence-corrected chi connectivity index (χ2v) is 8.27. The van der Waals surface area contributed by atoms with Gasteiger partial charge in [0, 0.05) is 22.6 Å². The lowest BCUT2D eigenvalue weighted by molar-refractivity contribution is -0.387. The van der Waals surface area contributed by atoms with E-state index in [1.54, 1.807) is 0 Å². The molecule has 0 radical (unpaired) electrons. The Bertz CT molecular complexity index is 970. The van der Waals surface area contributed by atoms with Gasteiger partial charge in [0.2, 0.25) is 0 Å². The molecule has 0 aliphatic carbocycles. The van der Waals surface area contributed by atoms with Crippen molar-refractivity contribution < 1.29 is 22.1 Å². The van der Waals surface area contributed by atoms with Crippen molar-refractivity contribution in [3.63, 3.8) is 0 Å². The SMILES string of the molecule is O=[N+]([O-])c1ccccc1S(=O)(=O)N1C[C@@]1(CF)c1cc(Br)ccc1F. The van der Waals surface area contributed by atoms with Gasteiger partial charge in [-0.3, -0.25) is 10.1 Å². The molecule has 1 fully saturated rings. The van der Waals surface area contributed by atoms with E-state index in [0.717, 1.165) is 22.5 Å². The first kappa shape index (κ1) is 17.9. The predicted molar refractivity (Wildman–Crippen MR) is 88.7 cm³/mol. The van der Waals surface area contributed by atoms with Crippen molar-refractivity contribution in [1.82, 2.24) is 4.31 Å². The molecule has 0 saturated carbocycles. The molecule has 0 N–H and O–H groups in total. The summed E-state index contributed by atoms with van der Waals surface area (Å²) in [5, 5.41) is 11.1. The van der Waals surface area contributed by atoms with Gasteiger partial charge in [0.05, 0.1) is 4.92 Å². The fraction of sp³-hybridized carbons (Fsp3) is 0.200. The fourth-order valence-electron chi connectivity index (χ4n) is 2.72. The Morgan fingerprint density at radius 2 is 1.96 bits per heavy atom. The highest BCUT2D eigenvalue weighted by molar-refractivity contribution is 9.10. The molecule has 132 valence electrons. The number of alkyl halides is 1. The van der Waals surface area contributed by atoms with Crippen LogP contribution in [0.2, 0.25) is 0 Å². The number of nitrogens with zero attached hydrogens (tertiary/aromatic N) is 2. The van der Waals surface area contributed by atoms with Crippen molar-refractivity contribution in [2.75, 3.05) is 13.2 Å². The smallest absolute Gasteiger partial charge is 0.258 e.